The Bertz CT molecular complexity index is 610. The van der Waals surface area contributed by atoms with Gasteiger partial charge in [-0.25, -0.2) is 9.97 Å². The summed E-state index contributed by atoms with van der Waals surface area (Å²) in [6, 6.07) is -0.0205. The fraction of sp³-hybridized carbons (Fsp3) is 0.500. The molecule has 1 N–H and O–H groups in total. The van der Waals surface area contributed by atoms with Crippen LogP contribution in [-0.4, -0.2) is 49.6 Å². The van der Waals surface area contributed by atoms with E-state index in [1.54, 1.807) is 18.0 Å². The van der Waals surface area contributed by atoms with Gasteiger partial charge in [-0.1, -0.05) is 0 Å². The first-order valence-electron chi connectivity index (χ1n) is 7.01. The topological polar surface area (TPSA) is 71.2 Å². The minimum absolute atomic E-state index is 0.0205. The van der Waals surface area contributed by atoms with Crippen LogP contribution in [0.2, 0.25) is 0 Å². The van der Waals surface area contributed by atoms with E-state index in [-0.39, 0.29) is 11.9 Å². The molecule has 1 aliphatic rings. The molecule has 3 heterocycles. The molecule has 0 aliphatic carbocycles. The van der Waals surface area contributed by atoms with E-state index in [0.29, 0.717) is 24.4 Å². The smallest absolute Gasteiger partial charge is 0.265 e. The lowest BCUT2D eigenvalue weighted by atomic mass is 10.1. The zero-order chi connectivity index (χ0) is 14.8. The van der Waals surface area contributed by atoms with E-state index in [0.717, 1.165) is 12.1 Å². The monoisotopic (exact) mass is 306 g/mol. The zero-order valence-electron chi connectivity index (χ0n) is 11.8. The third-order valence-corrected chi connectivity index (χ3v) is 4.89. The van der Waals surface area contributed by atoms with Crippen molar-refractivity contribution < 1.29 is 9.90 Å². The molecular weight excluding hydrogens is 288 g/mol. The van der Waals surface area contributed by atoms with Crippen molar-refractivity contribution in [2.45, 2.75) is 31.9 Å². The predicted octanol–water partition coefficient (Wildman–Crippen LogP) is 1.49. The second kappa shape index (κ2) is 5.95. The van der Waals surface area contributed by atoms with Gasteiger partial charge in [0.05, 0.1) is 29.7 Å². The molecule has 1 fully saturated rings. The number of aliphatic hydroxyl groups is 1. The third kappa shape index (κ3) is 2.84. The number of amides is 1. The summed E-state index contributed by atoms with van der Waals surface area (Å²) in [4.78, 5) is 23.2. The van der Waals surface area contributed by atoms with Crippen LogP contribution in [0.25, 0.3) is 0 Å². The van der Waals surface area contributed by atoms with E-state index >= 15 is 0 Å². The van der Waals surface area contributed by atoms with Crippen molar-refractivity contribution >= 4 is 17.2 Å². The molecule has 1 aliphatic heterocycles. The number of likely N-dealkylation sites (tertiary alicyclic amines) is 1. The van der Waals surface area contributed by atoms with Gasteiger partial charge in [-0.15, -0.1) is 11.3 Å². The van der Waals surface area contributed by atoms with E-state index < -0.39 is 6.10 Å². The highest BCUT2D eigenvalue weighted by atomic mass is 32.1. The van der Waals surface area contributed by atoms with Crippen molar-refractivity contribution in [2.24, 2.45) is 0 Å². The molecule has 2 aromatic heterocycles. The maximum Gasteiger partial charge on any atom is 0.265 e. The van der Waals surface area contributed by atoms with Crippen molar-refractivity contribution in [2.75, 3.05) is 13.1 Å². The van der Waals surface area contributed by atoms with Crippen LogP contribution in [0.1, 0.15) is 34.2 Å². The van der Waals surface area contributed by atoms with Gasteiger partial charge in [0.1, 0.15) is 4.88 Å². The fourth-order valence-corrected chi connectivity index (χ4v) is 3.51. The Morgan fingerprint density at radius 3 is 2.90 bits per heavy atom. The Labute approximate surface area is 127 Å². The summed E-state index contributed by atoms with van der Waals surface area (Å²) in [6.07, 6.45) is 6.13. The lowest BCUT2D eigenvalue weighted by molar-refractivity contribution is 0.0755. The van der Waals surface area contributed by atoms with Gasteiger partial charge in [-0.05, 0) is 19.8 Å². The molecule has 1 amide bonds. The predicted molar refractivity (Wildman–Crippen MR) is 79.3 cm³/mol. The maximum atomic E-state index is 12.5. The molecule has 0 unspecified atom stereocenters. The van der Waals surface area contributed by atoms with Gasteiger partial charge < -0.3 is 14.6 Å². The number of carbonyl (C=O) groups is 1. The van der Waals surface area contributed by atoms with Crippen molar-refractivity contribution in [1.82, 2.24) is 19.4 Å². The largest absolute Gasteiger partial charge is 0.391 e. The van der Waals surface area contributed by atoms with E-state index in [9.17, 15) is 9.90 Å². The molecule has 0 aromatic carbocycles. The van der Waals surface area contributed by atoms with E-state index in [1.165, 1.54) is 11.3 Å². The normalized spacial score (nSPS) is 23.0. The van der Waals surface area contributed by atoms with Gasteiger partial charge in [0.25, 0.3) is 5.91 Å². The van der Waals surface area contributed by atoms with Crippen molar-refractivity contribution in [1.29, 1.82) is 0 Å². The minimum atomic E-state index is -0.459. The standard InChI is InChI=1S/C14H18N4O2S/c1-10-13(21-9-16-10)14(20)17-5-2-11(12(19)3-6-17)18-7-4-15-8-18/h4,7-9,11-12,19H,2-3,5-6H2,1H3/t11-,12-/m0/s1. The minimum Gasteiger partial charge on any atom is -0.391 e. The number of rotatable bonds is 2. The van der Waals surface area contributed by atoms with Crippen molar-refractivity contribution in [3.8, 4) is 0 Å². The molecular formula is C14H18N4O2S. The first-order chi connectivity index (χ1) is 10.2. The van der Waals surface area contributed by atoms with Crippen LogP contribution in [-0.2, 0) is 0 Å². The highest BCUT2D eigenvalue weighted by molar-refractivity contribution is 7.11. The van der Waals surface area contributed by atoms with Crippen LogP contribution in [0.4, 0.5) is 0 Å². The second-order valence-electron chi connectivity index (χ2n) is 5.28. The van der Waals surface area contributed by atoms with Crippen LogP contribution in [0.3, 0.4) is 0 Å². The van der Waals surface area contributed by atoms with Crippen LogP contribution in [0.15, 0.2) is 24.2 Å². The maximum absolute atomic E-state index is 12.5. The van der Waals surface area contributed by atoms with E-state index in [1.807, 2.05) is 22.6 Å². The molecule has 2 atom stereocenters. The molecule has 3 rings (SSSR count). The molecule has 1 saturated heterocycles. The van der Waals surface area contributed by atoms with Crippen molar-refractivity contribution in [3.63, 3.8) is 0 Å². The Balaban J connectivity index is 1.73. The number of imidazole rings is 1. The molecule has 112 valence electrons. The highest BCUT2D eigenvalue weighted by Crippen LogP contribution is 2.25. The van der Waals surface area contributed by atoms with Crippen LogP contribution in [0, 0.1) is 6.92 Å². The molecule has 2 aromatic rings. The fourth-order valence-electron chi connectivity index (χ4n) is 2.74. The summed E-state index contributed by atoms with van der Waals surface area (Å²) in [5.74, 6) is 0.0217. The Hall–Kier alpha value is -1.73. The van der Waals surface area contributed by atoms with Gasteiger partial charge in [0.15, 0.2) is 0 Å². The molecule has 21 heavy (non-hydrogen) atoms. The van der Waals surface area contributed by atoms with Gasteiger partial charge in [0.2, 0.25) is 0 Å². The van der Waals surface area contributed by atoms with Gasteiger partial charge in [-0.2, -0.15) is 0 Å². The number of hydrogen-bond donors (Lipinski definition) is 1. The van der Waals surface area contributed by atoms with E-state index in [2.05, 4.69) is 9.97 Å². The number of aryl methyl sites for hydroxylation is 1. The molecule has 7 heteroatoms. The van der Waals surface area contributed by atoms with Crippen molar-refractivity contribution in [3.05, 3.63) is 34.8 Å². The molecule has 6 nitrogen and oxygen atoms in total. The lowest BCUT2D eigenvalue weighted by Gasteiger charge is -2.21. The quantitative estimate of drug-likeness (QED) is 0.912. The number of hydrogen-bond acceptors (Lipinski definition) is 5. The summed E-state index contributed by atoms with van der Waals surface area (Å²) < 4.78 is 1.93. The number of aliphatic hydroxyl groups excluding tert-OH is 1. The van der Waals surface area contributed by atoms with Gasteiger partial charge in [0, 0.05) is 25.5 Å². The first-order valence-corrected chi connectivity index (χ1v) is 7.89. The average Bonchev–Trinajstić information content (AvgIpc) is 3.09. The lowest BCUT2D eigenvalue weighted by Crippen LogP contribution is -2.32. The molecule has 0 radical (unpaired) electrons. The second-order valence-corrected chi connectivity index (χ2v) is 6.14. The zero-order valence-corrected chi connectivity index (χ0v) is 12.7. The Morgan fingerprint density at radius 1 is 1.43 bits per heavy atom. The third-order valence-electron chi connectivity index (χ3n) is 3.97. The van der Waals surface area contributed by atoms with Gasteiger partial charge in [-0.3, -0.25) is 4.79 Å². The van der Waals surface area contributed by atoms with Crippen LogP contribution >= 0.6 is 11.3 Å². The number of nitrogens with zero attached hydrogens (tertiary/aromatic N) is 4. The summed E-state index contributed by atoms with van der Waals surface area (Å²) in [5.41, 5.74) is 2.48. The molecule has 0 bridgehead atoms. The first kappa shape index (κ1) is 14.2. The summed E-state index contributed by atoms with van der Waals surface area (Å²) in [5, 5.41) is 10.3. The van der Waals surface area contributed by atoms with Crippen LogP contribution in [0.5, 0.6) is 0 Å². The molecule has 0 saturated carbocycles. The SMILES string of the molecule is Cc1ncsc1C(=O)N1CC[C@H](O)[C@@H](n2ccnc2)CC1. The number of aromatic nitrogens is 3. The Morgan fingerprint density at radius 2 is 2.24 bits per heavy atom. The highest BCUT2D eigenvalue weighted by Gasteiger charge is 2.29. The van der Waals surface area contributed by atoms with E-state index in [4.69, 9.17) is 0 Å². The Kier molecular flexibility index (Phi) is 4.03. The summed E-state index contributed by atoms with van der Waals surface area (Å²) in [6.45, 7) is 3.06. The molecule has 0 spiro atoms. The number of carbonyl (C=O) groups excluding carboxylic acids is 1. The summed E-state index contributed by atoms with van der Waals surface area (Å²) >= 11 is 1.38. The average molecular weight is 306 g/mol. The number of thiazole rings is 1. The van der Waals surface area contributed by atoms with Gasteiger partial charge >= 0.3 is 0 Å². The van der Waals surface area contributed by atoms with Crippen LogP contribution < -0.4 is 0 Å². The summed E-state index contributed by atoms with van der Waals surface area (Å²) in [7, 11) is 0.